The fourth-order valence-corrected chi connectivity index (χ4v) is 4.03. The van der Waals surface area contributed by atoms with Gasteiger partial charge in [0.15, 0.2) is 5.78 Å². The van der Waals surface area contributed by atoms with E-state index in [0.29, 0.717) is 24.0 Å². The van der Waals surface area contributed by atoms with Crippen molar-refractivity contribution in [1.29, 1.82) is 0 Å². The summed E-state index contributed by atoms with van der Waals surface area (Å²) in [5.41, 5.74) is 2.37. The van der Waals surface area contributed by atoms with Crippen LogP contribution in [0.5, 0.6) is 0 Å². The molecule has 146 valence electrons. The fourth-order valence-electron chi connectivity index (χ4n) is 4.03. The minimum Gasteiger partial charge on any atom is -0.372 e. The highest BCUT2D eigenvalue weighted by Gasteiger charge is 2.39. The minimum absolute atomic E-state index is 0.0403. The molecule has 2 N–H and O–H groups in total. The first kappa shape index (κ1) is 18.6. The van der Waals surface area contributed by atoms with E-state index < -0.39 is 17.8 Å². The molecule has 1 unspecified atom stereocenters. The summed E-state index contributed by atoms with van der Waals surface area (Å²) in [6, 6.07) is 12.1. The number of Topliss-reactive ketones (excluding diaryl/α,β-unsaturated/α-hetero) is 1. The summed E-state index contributed by atoms with van der Waals surface area (Å²) in [4.78, 5) is 13.1. The lowest BCUT2D eigenvalue weighted by atomic mass is 9.73. The Hall–Kier alpha value is -2.76. The Morgan fingerprint density at radius 3 is 2.43 bits per heavy atom. The number of halogens is 3. The smallest absolute Gasteiger partial charge is 0.372 e. The van der Waals surface area contributed by atoms with E-state index in [0.717, 1.165) is 29.2 Å². The first-order chi connectivity index (χ1) is 13.1. The zero-order valence-corrected chi connectivity index (χ0v) is 15.7. The summed E-state index contributed by atoms with van der Waals surface area (Å²) in [6.45, 7) is 4.06. The molecular weight excluding hydrogens is 365 g/mol. The summed E-state index contributed by atoms with van der Waals surface area (Å²) >= 11 is 0. The second-order valence-electron chi connectivity index (χ2n) is 8.20. The number of fused-ring (bicyclic) bond motifs is 1. The maximum absolute atomic E-state index is 13.3. The molecule has 0 aromatic heterocycles. The zero-order valence-electron chi connectivity index (χ0n) is 15.7. The molecular formula is C22H21F3N2O. The van der Waals surface area contributed by atoms with Gasteiger partial charge in [-0.2, -0.15) is 13.2 Å². The summed E-state index contributed by atoms with van der Waals surface area (Å²) in [5.74, 6) is -0.0403. The van der Waals surface area contributed by atoms with Crippen LogP contribution in [0.1, 0.15) is 43.9 Å². The molecule has 2 aliphatic rings. The number of carbonyl (C=O) groups excluding carboxylic acids is 1. The van der Waals surface area contributed by atoms with Gasteiger partial charge in [0.1, 0.15) is 0 Å². The first-order valence-corrected chi connectivity index (χ1v) is 9.20. The number of anilines is 2. The Kier molecular flexibility index (Phi) is 4.25. The van der Waals surface area contributed by atoms with E-state index in [2.05, 4.69) is 10.6 Å². The number of ketones is 1. The maximum atomic E-state index is 13.3. The topological polar surface area (TPSA) is 41.1 Å². The van der Waals surface area contributed by atoms with Gasteiger partial charge < -0.3 is 10.6 Å². The molecule has 1 atom stereocenters. The van der Waals surface area contributed by atoms with Crippen molar-refractivity contribution in [1.82, 2.24) is 0 Å². The summed E-state index contributed by atoms with van der Waals surface area (Å²) < 4.78 is 39.8. The molecule has 6 heteroatoms. The van der Waals surface area contributed by atoms with Gasteiger partial charge in [-0.05, 0) is 41.7 Å². The number of allylic oxidation sites excluding steroid dienone is 1. The van der Waals surface area contributed by atoms with Gasteiger partial charge in [-0.3, -0.25) is 4.79 Å². The highest BCUT2D eigenvalue weighted by molar-refractivity contribution is 6.01. The summed E-state index contributed by atoms with van der Waals surface area (Å²) in [6.07, 6.45) is -3.42. The van der Waals surface area contributed by atoms with E-state index >= 15 is 0 Å². The molecule has 1 heterocycles. The molecule has 1 aliphatic heterocycles. The van der Waals surface area contributed by atoms with Crippen LogP contribution < -0.4 is 10.6 Å². The van der Waals surface area contributed by atoms with E-state index in [-0.39, 0.29) is 11.2 Å². The standard InChI is InChI=1S/C22H21F3N2O/c1-21(2)11-17-19(18(28)12-21)20(27-16-9-4-3-8-15(16)26-17)13-6-5-7-14(10-13)22(23,24)25/h3-10,20,26-27H,11-12H2,1-2H3. The quantitative estimate of drug-likeness (QED) is 0.638. The normalized spacial score (nSPS) is 21.2. The molecule has 0 spiro atoms. The van der Waals surface area contributed by atoms with Crippen LogP contribution >= 0.6 is 0 Å². The number of nitrogens with one attached hydrogen (secondary N) is 2. The van der Waals surface area contributed by atoms with E-state index in [4.69, 9.17) is 0 Å². The molecule has 3 nitrogen and oxygen atoms in total. The Balaban J connectivity index is 1.88. The van der Waals surface area contributed by atoms with Crippen molar-refractivity contribution in [3.8, 4) is 0 Å². The van der Waals surface area contributed by atoms with Crippen LogP contribution in [0.2, 0.25) is 0 Å². The van der Waals surface area contributed by atoms with Crippen LogP contribution in [-0.4, -0.2) is 5.78 Å². The van der Waals surface area contributed by atoms with E-state index in [1.54, 1.807) is 6.07 Å². The van der Waals surface area contributed by atoms with Crippen LogP contribution in [-0.2, 0) is 11.0 Å². The van der Waals surface area contributed by atoms with Gasteiger partial charge in [0.05, 0.1) is 23.0 Å². The second kappa shape index (κ2) is 6.40. The van der Waals surface area contributed by atoms with Gasteiger partial charge in [0, 0.05) is 17.7 Å². The molecule has 28 heavy (non-hydrogen) atoms. The van der Waals surface area contributed by atoms with E-state index in [1.807, 2.05) is 38.1 Å². The molecule has 0 radical (unpaired) electrons. The Labute approximate surface area is 161 Å². The van der Waals surface area contributed by atoms with Gasteiger partial charge in [0.25, 0.3) is 0 Å². The number of alkyl halides is 3. The summed E-state index contributed by atoms with van der Waals surface area (Å²) in [5, 5.41) is 6.67. The van der Waals surface area contributed by atoms with Crippen molar-refractivity contribution in [2.45, 2.75) is 38.9 Å². The van der Waals surface area contributed by atoms with Crippen LogP contribution in [0.25, 0.3) is 0 Å². The third kappa shape index (κ3) is 3.39. The molecule has 0 fully saturated rings. The molecule has 0 amide bonds. The lowest BCUT2D eigenvalue weighted by Gasteiger charge is -2.34. The third-order valence-electron chi connectivity index (χ3n) is 5.27. The largest absolute Gasteiger partial charge is 0.416 e. The number of para-hydroxylation sites is 2. The molecule has 2 aromatic rings. The van der Waals surface area contributed by atoms with E-state index in [9.17, 15) is 18.0 Å². The van der Waals surface area contributed by atoms with Gasteiger partial charge in [-0.15, -0.1) is 0 Å². The predicted octanol–water partition coefficient (Wildman–Crippen LogP) is 5.93. The monoisotopic (exact) mass is 386 g/mol. The van der Waals surface area contributed by atoms with Crippen molar-refractivity contribution in [3.05, 3.63) is 70.9 Å². The van der Waals surface area contributed by atoms with Crippen molar-refractivity contribution in [3.63, 3.8) is 0 Å². The number of carbonyl (C=O) groups is 1. The Morgan fingerprint density at radius 1 is 1.00 bits per heavy atom. The number of benzene rings is 2. The number of rotatable bonds is 1. The van der Waals surface area contributed by atoms with Crippen molar-refractivity contribution >= 4 is 17.2 Å². The van der Waals surface area contributed by atoms with Gasteiger partial charge in [0.2, 0.25) is 0 Å². The predicted molar refractivity (Wildman–Crippen MR) is 103 cm³/mol. The zero-order chi connectivity index (χ0) is 20.1. The highest BCUT2D eigenvalue weighted by atomic mass is 19.4. The Bertz CT molecular complexity index is 976. The fraction of sp³-hybridized carbons (Fsp3) is 0.318. The van der Waals surface area contributed by atoms with E-state index in [1.165, 1.54) is 6.07 Å². The van der Waals surface area contributed by atoms with Gasteiger partial charge in [-0.1, -0.05) is 38.1 Å². The van der Waals surface area contributed by atoms with Gasteiger partial charge >= 0.3 is 6.18 Å². The van der Waals surface area contributed by atoms with Crippen LogP contribution in [0.15, 0.2) is 59.8 Å². The molecule has 1 aliphatic carbocycles. The average Bonchev–Trinajstić information content (AvgIpc) is 2.76. The summed E-state index contributed by atoms with van der Waals surface area (Å²) in [7, 11) is 0. The molecule has 2 aromatic carbocycles. The molecule has 0 bridgehead atoms. The molecule has 0 saturated carbocycles. The van der Waals surface area contributed by atoms with Crippen LogP contribution in [0, 0.1) is 5.41 Å². The lowest BCUT2D eigenvalue weighted by molar-refractivity contribution is -0.137. The number of hydrogen-bond donors (Lipinski definition) is 2. The van der Waals surface area contributed by atoms with Crippen LogP contribution in [0.4, 0.5) is 24.5 Å². The van der Waals surface area contributed by atoms with Crippen LogP contribution in [0.3, 0.4) is 0 Å². The minimum atomic E-state index is -4.44. The second-order valence-corrected chi connectivity index (χ2v) is 8.20. The van der Waals surface area contributed by atoms with Crippen molar-refractivity contribution < 1.29 is 18.0 Å². The first-order valence-electron chi connectivity index (χ1n) is 9.20. The lowest BCUT2D eigenvalue weighted by Crippen LogP contribution is -2.31. The maximum Gasteiger partial charge on any atom is 0.416 e. The van der Waals surface area contributed by atoms with Crippen molar-refractivity contribution in [2.75, 3.05) is 10.6 Å². The van der Waals surface area contributed by atoms with Gasteiger partial charge in [-0.25, -0.2) is 0 Å². The molecule has 4 rings (SSSR count). The Morgan fingerprint density at radius 2 is 1.71 bits per heavy atom. The van der Waals surface area contributed by atoms with Crippen molar-refractivity contribution in [2.24, 2.45) is 5.41 Å². The average molecular weight is 386 g/mol. The highest BCUT2D eigenvalue weighted by Crippen LogP contribution is 2.45. The SMILES string of the molecule is CC1(C)CC(=O)C2=C(C1)Nc1ccccc1NC2c1cccc(C(F)(F)F)c1. The third-order valence-corrected chi connectivity index (χ3v) is 5.27. The molecule has 0 saturated heterocycles. The number of hydrogen-bond acceptors (Lipinski definition) is 3.